The second-order valence-corrected chi connectivity index (χ2v) is 7.65. The van der Waals surface area contributed by atoms with Crippen molar-refractivity contribution in [2.75, 3.05) is 0 Å². The summed E-state index contributed by atoms with van der Waals surface area (Å²) in [6.07, 6.45) is 1.77. The first-order valence-corrected chi connectivity index (χ1v) is 9.16. The van der Waals surface area contributed by atoms with Crippen molar-refractivity contribution in [3.8, 4) is 0 Å². The van der Waals surface area contributed by atoms with Crippen molar-refractivity contribution < 1.29 is 9.90 Å². The first-order chi connectivity index (χ1) is 12.1. The molecule has 3 aliphatic rings. The van der Waals surface area contributed by atoms with Gasteiger partial charge in [-0.05, 0) is 34.2 Å². The molecule has 2 aromatic carbocycles. The minimum absolute atomic E-state index is 0.0388. The van der Waals surface area contributed by atoms with Gasteiger partial charge in [0.2, 0.25) is 5.88 Å². The monoisotopic (exact) mass is 345 g/mol. The van der Waals surface area contributed by atoms with Crippen molar-refractivity contribution >= 4 is 34.4 Å². The molecule has 5 rings (SSSR count). The number of aliphatic imine (C=N–C) groups is 1. The maximum Gasteiger partial charge on any atom is 0.207 e. The second-order valence-electron chi connectivity index (χ2n) is 6.51. The van der Waals surface area contributed by atoms with Gasteiger partial charge in [0, 0.05) is 21.9 Å². The molecule has 0 amide bonds. The molecule has 0 spiro atoms. The van der Waals surface area contributed by atoms with Crippen LogP contribution in [0.5, 0.6) is 0 Å². The van der Waals surface area contributed by atoms with Gasteiger partial charge < -0.3 is 5.11 Å². The summed E-state index contributed by atoms with van der Waals surface area (Å²) in [6.45, 7) is 2.06. The van der Waals surface area contributed by atoms with Gasteiger partial charge in [-0.2, -0.15) is 0 Å². The van der Waals surface area contributed by atoms with Gasteiger partial charge >= 0.3 is 0 Å². The molecule has 1 aliphatic carbocycles. The lowest BCUT2D eigenvalue weighted by molar-refractivity contribution is 0.105. The lowest BCUT2D eigenvalue weighted by Crippen LogP contribution is -2.47. The van der Waals surface area contributed by atoms with Crippen LogP contribution in [0.2, 0.25) is 0 Å². The van der Waals surface area contributed by atoms with Crippen molar-refractivity contribution in [2.45, 2.75) is 17.1 Å². The summed E-state index contributed by atoms with van der Waals surface area (Å²) in [5.41, 5.74) is 3.46. The molecular weight excluding hydrogens is 330 g/mol. The second kappa shape index (κ2) is 5.20. The predicted molar refractivity (Wildman–Crippen MR) is 100 cm³/mol. The van der Waals surface area contributed by atoms with Crippen LogP contribution >= 0.6 is 11.8 Å². The van der Waals surface area contributed by atoms with E-state index in [1.807, 2.05) is 42.5 Å². The number of allylic oxidation sites excluding steroid dienone is 1. The number of carbonyl (C=O) groups excluding carboxylic acids is 1. The Morgan fingerprint density at radius 3 is 2.48 bits per heavy atom. The highest BCUT2D eigenvalue weighted by Crippen LogP contribution is 2.43. The van der Waals surface area contributed by atoms with Crippen LogP contribution in [0, 0.1) is 5.92 Å². The molecular formula is C21H15NO2S. The van der Waals surface area contributed by atoms with E-state index in [0.29, 0.717) is 0 Å². The number of ketones is 1. The van der Waals surface area contributed by atoms with E-state index < -0.39 is 0 Å². The minimum atomic E-state index is -0.175. The van der Waals surface area contributed by atoms with Gasteiger partial charge in [-0.1, -0.05) is 43.3 Å². The van der Waals surface area contributed by atoms with E-state index in [4.69, 9.17) is 0 Å². The van der Waals surface area contributed by atoms with Crippen molar-refractivity contribution in [3.05, 3.63) is 76.5 Å². The van der Waals surface area contributed by atoms with Crippen LogP contribution in [0.25, 0.3) is 11.1 Å². The van der Waals surface area contributed by atoms with E-state index in [1.165, 1.54) is 0 Å². The number of carbonyl (C=O) groups is 1. The van der Waals surface area contributed by atoms with E-state index in [1.54, 1.807) is 17.8 Å². The number of aliphatic hydroxyl groups is 1. The first-order valence-electron chi connectivity index (χ1n) is 8.28. The van der Waals surface area contributed by atoms with Gasteiger partial charge in [-0.25, -0.2) is 4.99 Å². The third-order valence-electron chi connectivity index (χ3n) is 5.00. The maximum atomic E-state index is 13.3. The highest BCUT2D eigenvalue weighted by atomic mass is 32.2. The molecule has 2 heterocycles. The summed E-state index contributed by atoms with van der Waals surface area (Å²) in [5, 5.41) is 11.9. The molecule has 122 valence electrons. The summed E-state index contributed by atoms with van der Waals surface area (Å²) in [5.74, 6) is 0.162. The lowest BCUT2D eigenvalue weighted by Gasteiger charge is -2.33. The van der Waals surface area contributed by atoms with Gasteiger partial charge in [0.05, 0.1) is 11.0 Å². The normalized spacial score (nSPS) is 23.8. The molecule has 4 heteroatoms. The van der Waals surface area contributed by atoms with Crippen LogP contribution in [0.3, 0.4) is 0 Å². The van der Waals surface area contributed by atoms with Crippen LogP contribution in [-0.4, -0.2) is 21.9 Å². The molecule has 0 saturated heterocycles. The molecule has 0 radical (unpaired) electrons. The van der Waals surface area contributed by atoms with E-state index >= 15 is 0 Å². The summed E-state index contributed by atoms with van der Waals surface area (Å²) in [4.78, 5) is 18.7. The van der Waals surface area contributed by atoms with E-state index in [2.05, 4.69) is 18.0 Å². The number of hydrogen-bond acceptors (Lipinski definition) is 4. The van der Waals surface area contributed by atoms with Crippen molar-refractivity contribution in [3.63, 3.8) is 0 Å². The summed E-state index contributed by atoms with van der Waals surface area (Å²) in [7, 11) is 0. The smallest absolute Gasteiger partial charge is 0.207 e. The Morgan fingerprint density at radius 1 is 1.00 bits per heavy atom. The number of nitrogens with zero attached hydrogens (tertiary/aromatic N) is 1. The Morgan fingerprint density at radius 2 is 1.68 bits per heavy atom. The number of thioether (sulfide) groups is 1. The van der Waals surface area contributed by atoms with Gasteiger partial charge in [0.15, 0.2) is 5.78 Å². The maximum absolute atomic E-state index is 13.3. The van der Waals surface area contributed by atoms with Gasteiger partial charge in [-0.15, -0.1) is 11.8 Å². The molecule has 0 bridgehead atoms. The van der Waals surface area contributed by atoms with Crippen LogP contribution < -0.4 is 10.4 Å². The number of hydrogen-bond donors (Lipinski definition) is 1. The van der Waals surface area contributed by atoms with Gasteiger partial charge in [0.25, 0.3) is 0 Å². The minimum Gasteiger partial charge on any atom is -0.493 e. The fraction of sp³-hybridized carbons (Fsp3) is 0.143. The third kappa shape index (κ3) is 2.01. The zero-order chi connectivity index (χ0) is 17.1. The molecule has 1 N–H and O–H groups in total. The molecule has 2 aromatic rings. The summed E-state index contributed by atoms with van der Waals surface area (Å²) >= 11 is 1.65. The number of aliphatic hydroxyl groups excluding tert-OH is 1. The average molecular weight is 345 g/mol. The molecule has 2 unspecified atom stereocenters. The third-order valence-corrected chi connectivity index (χ3v) is 6.31. The molecule has 2 atom stereocenters. The topological polar surface area (TPSA) is 49.7 Å². The summed E-state index contributed by atoms with van der Waals surface area (Å²) < 4.78 is 0. The molecule has 0 saturated carbocycles. The first kappa shape index (κ1) is 14.7. The Balaban J connectivity index is 1.93. The highest BCUT2D eigenvalue weighted by molar-refractivity contribution is 8.01. The number of fused-ring (bicyclic) bond motifs is 5. The molecule has 0 aromatic heterocycles. The van der Waals surface area contributed by atoms with Crippen molar-refractivity contribution in [1.82, 2.24) is 0 Å². The number of benzene rings is 2. The fourth-order valence-corrected chi connectivity index (χ4v) is 5.30. The molecule has 0 fully saturated rings. The van der Waals surface area contributed by atoms with Gasteiger partial charge in [-0.3, -0.25) is 4.79 Å². The van der Waals surface area contributed by atoms with Crippen LogP contribution in [0.1, 0.15) is 17.3 Å². The van der Waals surface area contributed by atoms with Crippen LogP contribution in [0.15, 0.2) is 70.4 Å². The predicted octanol–water partition coefficient (Wildman–Crippen LogP) is 2.85. The Kier molecular flexibility index (Phi) is 3.06. The molecule has 25 heavy (non-hydrogen) atoms. The average Bonchev–Trinajstić information content (AvgIpc) is 2.61. The van der Waals surface area contributed by atoms with E-state index in [0.717, 1.165) is 37.8 Å². The van der Waals surface area contributed by atoms with Crippen LogP contribution in [-0.2, 0) is 0 Å². The zero-order valence-corrected chi connectivity index (χ0v) is 14.4. The Bertz CT molecular complexity index is 1130. The fourth-order valence-electron chi connectivity index (χ4n) is 3.96. The quantitative estimate of drug-likeness (QED) is 0.799. The number of Topliss-reactive ketones (excluding diaryl/α,β-unsaturated/α-hetero) is 1. The van der Waals surface area contributed by atoms with Crippen molar-refractivity contribution in [1.29, 1.82) is 0 Å². The largest absolute Gasteiger partial charge is 0.493 e. The Labute approximate surface area is 149 Å². The SMILES string of the molecule is CC1C=C(O)N=C2C1=c1ccccc1=C1C(=O)c3ccccc3SC21. The summed E-state index contributed by atoms with van der Waals surface area (Å²) in [6, 6.07) is 15.8. The molecule has 3 nitrogen and oxygen atoms in total. The number of rotatable bonds is 0. The Hall–Kier alpha value is -2.59. The van der Waals surface area contributed by atoms with E-state index in [-0.39, 0.29) is 22.8 Å². The zero-order valence-electron chi connectivity index (χ0n) is 13.6. The van der Waals surface area contributed by atoms with Gasteiger partial charge in [0.1, 0.15) is 0 Å². The standard InChI is InChI=1S/C21H15NO2S/c1-11-10-16(23)22-19-17(11)12-6-2-3-7-13(12)18-20(24)14-8-4-5-9-15(14)25-21(18)19/h2-11,21,23H,1H3. The van der Waals surface area contributed by atoms with E-state index in [9.17, 15) is 9.90 Å². The van der Waals surface area contributed by atoms with Crippen LogP contribution in [0.4, 0.5) is 0 Å². The lowest BCUT2D eigenvalue weighted by atomic mass is 9.81. The molecule has 2 aliphatic heterocycles. The highest BCUT2D eigenvalue weighted by Gasteiger charge is 2.40. The van der Waals surface area contributed by atoms with Crippen molar-refractivity contribution in [2.24, 2.45) is 10.9 Å².